The van der Waals surface area contributed by atoms with Gasteiger partial charge < -0.3 is 15.0 Å². The molecule has 1 aliphatic heterocycles. The molecule has 2 rings (SSSR count). The Morgan fingerprint density at radius 1 is 1.26 bits per heavy atom. The molecule has 5 heteroatoms. The predicted molar refractivity (Wildman–Crippen MR) is 72.0 cm³/mol. The number of hydrogen-bond acceptors (Lipinski definition) is 3. The number of nitrogens with zero attached hydrogens (tertiary/aromatic N) is 1. The molecule has 0 aliphatic carbocycles. The molecule has 1 aromatic rings. The summed E-state index contributed by atoms with van der Waals surface area (Å²) >= 11 is 0. The highest BCUT2D eigenvalue weighted by Gasteiger charge is 2.21. The van der Waals surface area contributed by atoms with Crippen molar-refractivity contribution in [1.82, 2.24) is 4.90 Å². The van der Waals surface area contributed by atoms with E-state index in [0.29, 0.717) is 37.6 Å². The molecule has 1 N–H and O–H groups in total. The fourth-order valence-electron chi connectivity index (χ4n) is 1.90. The molecular weight excluding hydrogens is 244 g/mol. The Bertz CT molecular complexity index is 493. The van der Waals surface area contributed by atoms with E-state index in [4.69, 9.17) is 4.74 Å². The molecule has 19 heavy (non-hydrogen) atoms. The third kappa shape index (κ3) is 3.20. The highest BCUT2D eigenvalue weighted by Crippen LogP contribution is 2.18. The van der Waals surface area contributed by atoms with Crippen molar-refractivity contribution in [3.8, 4) is 0 Å². The Hall–Kier alpha value is -2.14. The minimum atomic E-state index is -0.331. The van der Waals surface area contributed by atoms with E-state index in [9.17, 15) is 9.59 Å². The van der Waals surface area contributed by atoms with Gasteiger partial charge in [-0.05, 0) is 18.2 Å². The van der Waals surface area contributed by atoms with Gasteiger partial charge in [0.05, 0.1) is 24.5 Å². The van der Waals surface area contributed by atoms with Crippen LogP contribution in [0.5, 0.6) is 0 Å². The molecule has 0 bridgehead atoms. The van der Waals surface area contributed by atoms with E-state index in [-0.39, 0.29) is 11.8 Å². The second-order valence-electron chi connectivity index (χ2n) is 4.14. The standard InChI is InChI=1S/C14H16N2O3/c1-2-13(17)15-12-6-4-3-5-11(12)14(18)16-7-9-19-10-8-16/h2-6H,1,7-10H2,(H,15,17). The zero-order valence-corrected chi connectivity index (χ0v) is 10.6. The molecule has 2 amide bonds. The van der Waals surface area contributed by atoms with Gasteiger partial charge in [0.15, 0.2) is 0 Å². The zero-order valence-electron chi connectivity index (χ0n) is 10.6. The summed E-state index contributed by atoms with van der Waals surface area (Å²) in [6.07, 6.45) is 1.18. The van der Waals surface area contributed by atoms with Crippen LogP contribution >= 0.6 is 0 Å². The van der Waals surface area contributed by atoms with Crippen molar-refractivity contribution in [3.63, 3.8) is 0 Å². The average Bonchev–Trinajstić information content (AvgIpc) is 2.48. The third-order valence-corrected chi connectivity index (χ3v) is 2.90. The topological polar surface area (TPSA) is 58.6 Å². The quantitative estimate of drug-likeness (QED) is 0.833. The van der Waals surface area contributed by atoms with E-state index in [1.165, 1.54) is 6.08 Å². The van der Waals surface area contributed by atoms with Gasteiger partial charge in [0.2, 0.25) is 5.91 Å². The van der Waals surface area contributed by atoms with Crippen molar-refractivity contribution in [2.45, 2.75) is 0 Å². The number of nitrogens with one attached hydrogen (secondary N) is 1. The molecule has 0 atom stereocenters. The number of rotatable bonds is 3. The van der Waals surface area contributed by atoms with Crippen LogP contribution in [0.4, 0.5) is 5.69 Å². The molecule has 1 fully saturated rings. The van der Waals surface area contributed by atoms with Crippen molar-refractivity contribution in [2.75, 3.05) is 31.6 Å². The maximum atomic E-state index is 12.4. The Morgan fingerprint density at radius 2 is 1.95 bits per heavy atom. The van der Waals surface area contributed by atoms with E-state index in [0.717, 1.165) is 0 Å². The molecule has 100 valence electrons. The summed E-state index contributed by atoms with van der Waals surface area (Å²) in [6.45, 7) is 5.64. The SMILES string of the molecule is C=CC(=O)Nc1ccccc1C(=O)N1CCOCC1. The lowest BCUT2D eigenvalue weighted by molar-refractivity contribution is -0.111. The monoisotopic (exact) mass is 260 g/mol. The number of amides is 2. The number of benzene rings is 1. The van der Waals surface area contributed by atoms with E-state index in [2.05, 4.69) is 11.9 Å². The third-order valence-electron chi connectivity index (χ3n) is 2.90. The minimum Gasteiger partial charge on any atom is -0.378 e. The number of anilines is 1. The van der Waals surface area contributed by atoms with E-state index < -0.39 is 0 Å². The van der Waals surface area contributed by atoms with Crippen LogP contribution in [0.25, 0.3) is 0 Å². The van der Waals surface area contributed by atoms with E-state index in [1.807, 2.05) is 0 Å². The number of carbonyl (C=O) groups is 2. The van der Waals surface area contributed by atoms with Gasteiger partial charge >= 0.3 is 0 Å². The average molecular weight is 260 g/mol. The van der Waals surface area contributed by atoms with Crippen LogP contribution in [0.2, 0.25) is 0 Å². The predicted octanol–water partition coefficient (Wildman–Crippen LogP) is 1.28. The Balaban J connectivity index is 2.20. The molecule has 1 aliphatic rings. The lowest BCUT2D eigenvalue weighted by atomic mass is 10.1. The molecule has 0 radical (unpaired) electrons. The Kier molecular flexibility index (Phi) is 4.30. The normalized spacial score (nSPS) is 14.8. The summed E-state index contributed by atoms with van der Waals surface area (Å²) in [7, 11) is 0. The first-order chi connectivity index (χ1) is 9.22. The van der Waals surface area contributed by atoms with Gasteiger partial charge in [-0.25, -0.2) is 0 Å². The zero-order chi connectivity index (χ0) is 13.7. The molecule has 1 heterocycles. The summed E-state index contributed by atoms with van der Waals surface area (Å²) in [5.74, 6) is -0.425. The number of para-hydroxylation sites is 1. The van der Waals surface area contributed by atoms with E-state index in [1.54, 1.807) is 29.2 Å². The molecule has 0 aromatic heterocycles. The second kappa shape index (κ2) is 6.15. The van der Waals surface area contributed by atoms with Gasteiger partial charge in [0, 0.05) is 13.1 Å². The van der Waals surface area contributed by atoms with Crippen molar-refractivity contribution in [3.05, 3.63) is 42.5 Å². The molecule has 0 unspecified atom stereocenters. The van der Waals surface area contributed by atoms with Crippen molar-refractivity contribution >= 4 is 17.5 Å². The maximum absolute atomic E-state index is 12.4. The van der Waals surface area contributed by atoms with Crippen LogP contribution in [-0.2, 0) is 9.53 Å². The highest BCUT2D eigenvalue weighted by molar-refractivity contribution is 6.06. The van der Waals surface area contributed by atoms with Crippen molar-refractivity contribution in [2.24, 2.45) is 0 Å². The fourth-order valence-corrected chi connectivity index (χ4v) is 1.90. The number of ether oxygens (including phenoxy) is 1. The molecule has 1 aromatic carbocycles. The van der Waals surface area contributed by atoms with Crippen LogP contribution in [0.1, 0.15) is 10.4 Å². The van der Waals surface area contributed by atoms with E-state index >= 15 is 0 Å². The first-order valence-corrected chi connectivity index (χ1v) is 6.12. The first-order valence-electron chi connectivity index (χ1n) is 6.12. The maximum Gasteiger partial charge on any atom is 0.256 e. The first kappa shape index (κ1) is 13.3. The fraction of sp³-hybridized carbons (Fsp3) is 0.286. The second-order valence-corrected chi connectivity index (χ2v) is 4.14. The van der Waals surface area contributed by atoms with Crippen LogP contribution in [0, 0.1) is 0 Å². The smallest absolute Gasteiger partial charge is 0.256 e. The van der Waals surface area contributed by atoms with Gasteiger partial charge in [0.1, 0.15) is 0 Å². The number of morpholine rings is 1. The largest absolute Gasteiger partial charge is 0.378 e. The minimum absolute atomic E-state index is 0.0942. The Labute approximate surface area is 111 Å². The summed E-state index contributed by atoms with van der Waals surface area (Å²) in [5.41, 5.74) is 0.989. The van der Waals surface area contributed by atoms with Crippen molar-refractivity contribution in [1.29, 1.82) is 0 Å². The number of carbonyl (C=O) groups excluding carboxylic acids is 2. The van der Waals surface area contributed by atoms with Crippen molar-refractivity contribution < 1.29 is 14.3 Å². The highest BCUT2D eigenvalue weighted by atomic mass is 16.5. The van der Waals surface area contributed by atoms with Gasteiger partial charge in [-0.2, -0.15) is 0 Å². The molecule has 0 spiro atoms. The lowest BCUT2D eigenvalue weighted by Crippen LogP contribution is -2.41. The summed E-state index contributed by atoms with van der Waals surface area (Å²) in [5, 5.41) is 2.64. The number of hydrogen-bond donors (Lipinski definition) is 1. The lowest BCUT2D eigenvalue weighted by Gasteiger charge is -2.27. The van der Waals surface area contributed by atoms with Gasteiger partial charge in [-0.15, -0.1) is 0 Å². The molecular formula is C14H16N2O3. The van der Waals surface area contributed by atoms with Crippen LogP contribution in [0.3, 0.4) is 0 Å². The molecule has 0 saturated carbocycles. The summed E-state index contributed by atoms with van der Waals surface area (Å²) in [4.78, 5) is 25.5. The van der Waals surface area contributed by atoms with Crippen LogP contribution < -0.4 is 5.32 Å². The molecule has 1 saturated heterocycles. The van der Waals surface area contributed by atoms with Gasteiger partial charge in [0.25, 0.3) is 5.91 Å². The summed E-state index contributed by atoms with van der Waals surface area (Å²) in [6, 6.07) is 6.96. The molecule has 5 nitrogen and oxygen atoms in total. The van der Waals surface area contributed by atoms with Gasteiger partial charge in [-0.1, -0.05) is 18.7 Å². The summed E-state index contributed by atoms with van der Waals surface area (Å²) < 4.78 is 5.22. The van der Waals surface area contributed by atoms with Crippen LogP contribution in [0.15, 0.2) is 36.9 Å². The van der Waals surface area contributed by atoms with Crippen LogP contribution in [-0.4, -0.2) is 43.0 Å². The van der Waals surface area contributed by atoms with Gasteiger partial charge in [-0.3, -0.25) is 9.59 Å². The Morgan fingerprint density at radius 3 is 2.63 bits per heavy atom.